The Morgan fingerprint density at radius 2 is 1.81 bits per heavy atom. The number of ether oxygens (including phenoxy) is 2. The lowest BCUT2D eigenvalue weighted by molar-refractivity contribution is -0.122. The molecule has 0 spiro atoms. The van der Waals surface area contributed by atoms with Gasteiger partial charge in [0.15, 0.2) is 18.1 Å². The molecule has 1 atom stereocenters. The summed E-state index contributed by atoms with van der Waals surface area (Å²) in [6.45, 7) is 0.0641. The number of hydrogen-bond donors (Lipinski definition) is 3. The minimum atomic E-state index is -0.627. The summed E-state index contributed by atoms with van der Waals surface area (Å²) in [5, 5.41) is 2.81. The van der Waals surface area contributed by atoms with Gasteiger partial charge in [0, 0.05) is 6.54 Å². The van der Waals surface area contributed by atoms with Crippen molar-refractivity contribution in [3.05, 3.63) is 59.7 Å². The lowest BCUT2D eigenvalue weighted by Crippen LogP contribution is -2.41. The number of carbonyl (C=O) groups excluding carboxylic acids is 2. The normalized spacial score (nSPS) is 11.5. The number of nitrogens with two attached hydrogens (primary N) is 2. The molecule has 2 amide bonds. The fraction of sp³-hybridized carbons (Fsp3) is 0.263. The van der Waals surface area contributed by atoms with Crippen LogP contribution in [0.2, 0.25) is 0 Å². The fourth-order valence-corrected chi connectivity index (χ4v) is 2.37. The number of benzene rings is 2. The van der Waals surface area contributed by atoms with E-state index in [2.05, 4.69) is 5.32 Å². The summed E-state index contributed by atoms with van der Waals surface area (Å²) in [5.74, 6) is 0.0476. The van der Waals surface area contributed by atoms with Crippen LogP contribution in [-0.2, 0) is 22.6 Å². The van der Waals surface area contributed by atoms with Gasteiger partial charge in [0.05, 0.1) is 13.2 Å². The number of primary amides is 1. The Bertz CT molecular complexity index is 750. The second-order valence-corrected chi connectivity index (χ2v) is 5.75. The quantitative estimate of drug-likeness (QED) is 0.612. The summed E-state index contributed by atoms with van der Waals surface area (Å²) >= 11 is 0. The number of carbonyl (C=O) groups is 2. The molecule has 138 valence electrons. The Kier molecular flexibility index (Phi) is 6.99. The third kappa shape index (κ3) is 5.78. The van der Waals surface area contributed by atoms with Crippen molar-refractivity contribution in [3.8, 4) is 11.5 Å². The molecule has 0 aliphatic heterocycles. The van der Waals surface area contributed by atoms with Crippen LogP contribution in [0.4, 0.5) is 0 Å². The zero-order chi connectivity index (χ0) is 18.9. The molecule has 0 saturated heterocycles. The molecule has 0 radical (unpaired) electrons. The van der Waals surface area contributed by atoms with E-state index < -0.39 is 11.9 Å². The fourth-order valence-electron chi connectivity index (χ4n) is 2.37. The summed E-state index contributed by atoms with van der Waals surface area (Å²) in [7, 11) is 1.49. The molecule has 0 bridgehead atoms. The molecule has 0 fully saturated rings. The van der Waals surface area contributed by atoms with Crippen molar-refractivity contribution >= 4 is 11.8 Å². The van der Waals surface area contributed by atoms with E-state index in [9.17, 15) is 9.59 Å². The molecule has 0 aliphatic carbocycles. The van der Waals surface area contributed by atoms with Crippen molar-refractivity contribution in [3.63, 3.8) is 0 Å². The Balaban J connectivity index is 1.91. The van der Waals surface area contributed by atoms with Crippen molar-refractivity contribution in [1.82, 2.24) is 5.32 Å². The van der Waals surface area contributed by atoms with Gasteiger partial charge in [-0.25, -0.2) is 0 Å². The van der Waals surface area contributed by atoms with Crippen LogP contribution in [0.5, 0.6) is 11.5 Å². The van der Waals surface area contributed by atoms with Crippen molar-refractivity contribution in [2.24, 2.45) is 11.5 Å². The first-order valence-electron chi connectivity index (χ1n) is 8.15. The first-order chi connectivity index (χ1) is 12.5. The number of nitrogens with one attached hydrogen (secondary N) is 1. The van der Waals surface area contributed by atoms with E-state index in [0.717, 1.165) is 11.1 Å². The van der Waals surface area contributed by atoms with Gasteiger partial charge >= 0.3 is 0 Å². The number of methoxy groups -OCH3 is 1. The highest BCUT2D eigenvalue weighted by molar-refractivity contribution is 5.81. The average Bonchev–Trinajstić information content (AvgIpc) is 2.65. The Morgan fingerprint density at radius 1 is 1.08 bits per heavy atom. The number of hydrogen-bond acceptors (Lipinski definition) is 5. The highest BCUT2D eigenvalue weighted by atomic mass is 16.5. The molecule has 5 N–H and O–H groups in total. The molecule has 0 aromatic heterocycles. The SMILES string of the molecule is COc1cc(CNC(=O)[C@@H](N)Cc2ccccc2)ccc1OCC(N)=O. The zero-order valence-corrected chi connectivity index (χ0v) is 14.6. The maximum absolute atomic E-state index is 12.2. The van der Waals surface area contributed by atoms with E-state index in [1.807, 2.05) is 30.3 Å². The number of amides is 2. The van der Waals surface area contributed by atoms with E-state index in [-0.39, 0.29) is 12.5 Å². The third-order valence-electron chi connectivity index (χ3n) is 3.70. The summed E-state index contributed by atoms with van der Waals surface area (Å²) in [4.78, 5) is 23.0. The molecule has 7 nitrogen and oxygen atoms in total. The molecule has 0 unspecified atom stereocenters. The maximum atomic E-state index is 12.2. The van der Waals surface area contributed by atoms with Crippen LogP contribution in [0.15, 0.2) is 48.5 Å². The van der Waals surface area contributed by atoms with Crippen LogP contribution >= 0.6 is 0 Å². The largest absolute Gasteiger partial charge is 0.493 e. The predicted octanol–water partition coefficient (Wildman–Crippen LogP) is 0.745. The smallest absolute Gasteiger partial charge is 0.255 e. The van der Waals surface area contributed by atoms with Crippen molar-refractivity contribution in [2.75, 3.05) is 13.7 Å². The van der Waals surface area contributed by atoms with Crippen LogP contribution in [-0.4, -0.2) is 31.6 Å². The highest BCUT2D eigenvalue weighted by Crippen LogP contribution is 2.28. The van der Waals surface area contributed by atoms with Gasteiger partial charge in [0.1, 0.15) is 0 Å². The van der Waals surface area contributed by atoms with Crippen LogP contribution in [0.1, 0.15) is 11.1 Å². The Morgan fingerprint density at radius 3 is 2.46 bits per heavy atom. The van der Waals surface area contributed by atoms with Crippen LogP contribution in [0, 0.1) is 0 Å². The molecular weight excluding hydrogens is 334 g/mol. The minimum Gasteiger partial charge on any atom is -0.493 e. The van der Waals surface area contributed by atoms with Gasteiger partial charge in [-0.3, -0.25) is 9.59 Å². The molecule has 0 aliphatic rings. The molecule has 0 heterocycles. The summed E-state index contributed by atoms with van der Waals surface area (Å²) in [5.41, 5.74) is 12.8. The topological polar surface area (TPSA) is 117 Å². The van der Waals surface area contributed by atoms with Gasteiger partial charge in [0.25, 0.3) is 5.91 Å². The minimum absolute atomic E-state index is 0.234. The van der Waals surface area contributed by atoms with Crippen molar-refractivity contribution in [2.45, 2.75) is 19.0 Å². The first-order valence-corrected chi connectivity index (χ1v) is 8.15. The van der Waals surface area contributed by atoms with E-state index >= 15 is 0 Å². The molecular formula is C19H23N3O4. The first kappa shape index (κ1) is 19.3. The second kappa shape index (κ2) is 9.43. The maximum Gasteiger partial charge on any atom is 0.255 e. The van der Waals surface area contributed by atoms with E-state index in [1.165, 1.54) is 7.11 Å². The van der Waals surface area contributed by atoms with Crippen molar-refractivity contribution < 1.29 is 19.1 Å². The van der Waals surface area contributed by atoms with Crippen LogP contribution < -0.4 is 26.3 Å². The monoisotopic (exact) mass is 357 g/mol. The molecule has 7 heteroatoms. The second-order valence-electron chi connectivity index (χ2n) is 5.75. The van der Waals surface area contributed by atoms with Crippen LogP contribution in [0.3, 0.4) is 0 Å². The van der Waals surface area contributed by atoms with Gasteiger partial charge in [-0.2, -0.15) is 0 Å². The summed E-state index contributed by atoms with van der Waals surface area (Å²) in [6, 6.07) is 14.1. The van der Waals surface area contributed by atoms with Gasteiger partial charge < -0.3 is 26.3 Å². The lowest BCUT2D eigenvalue weighted by atomic mass is 10.1. The van der Waals surface area contributed by atoms with Crippen LogP contribution in [0.25, 0.3) is 0 Å². The Hall–Kier alpha value is -3.06. The van der Waals surface area contributed by atoms with Gasteiger partial charge in [0.2, 0.25) is 5.91 Å². The summed E-state index contributed by atoms with van der Waals surface area (Å²) < 4.78 is 10.5. The standard InChI is InChI=1S/C19H23N3O4/c1-25-17-10-14(7-8-16(17)26-12-18(21)23)11-22-19(24)15(20)9-13-5-3-2-4-6-13/h2-8,10,15H,9,11-12,20H2,1H3,(H2,21,23)(H,22,24)/t15-/m0/s1. The molecule has 26 heavy (non-hydrogen) atoms. The third-order valence-corrected chi connectivity index (χ3v) is 3.70. The van der Waals surface area contributed by atoms with Crippen molar-refractivity contribution in [1.29, 1.82) is 0 Å². The molecule has 2 aromatic rings. The lowest BCUT2D eigenvalue weighted by Gasteiger charge is -2.14. The zero-order valence-electron chi connectivity index (χ0n) is 14.6. The number of rotatable bonds is 9. The molecule has 0 saturated carbocycles. The molecule has 2 aromatic carbocycles. The van der Waals surface area contributed by atoms with E-state index in [4.69, 9.17) is 20.9 Å². The highest BCUT2D eigenvalue weighted by Gasteiger charge is 2.14. The predicted molar refractivity (Wildman–Crippen MR) is 97.7 cm³/mol. The van der Waals surface area contributed by atoms with Gasteiger partial charge in [-0.1, -0.05) is 36.4 Å². The van der Waals surface area contributed by atoms with Gasteiger partial charge in [-0.05, 0) is 29.7 Å². The van der Waals surface area contributed by atoms with E-state index in [1.54, 1.807) is 18.2 Å². The van der Waals surface area contributed by atoms with Gasteiger partial charge in [-0.15, -0.1) is 0 Å². The molecule has 2 rings (SSSR count). The summed E-state index contributed by atoms with van der Waals surface area (Å²) in [6.07, 6.45) is 0.468. The average molecular weight is 357 g/mol. The Labute approximate surface area is 152 Å². The van der Waals surface area contributed by atoms with E-state index in [0.29, 0.717) is 24.5 Å².